The smallest absolute Gasteiger partial charge is 0.233 e. The van der Waals surface area contributed by atoms with Crippen molar-refractivity contribution in [1.29, 1.82) is 0 Å². The van der Waals surface area contributed by atoms with Crippen LogP contribution in [0.25, 0.3) is 10.2 Å². The summed E-state index contributed by atoms with van der Waals surface area (Å²) in [5, 5.41) is 1.35. The van der Waals surface area contributed by atoms with Crippen LogP contribution in [0, 0.1) is 20.8 Å². The Bertz CT molecular complexity index is 1180. The molecule has 1 amide bonds. The number of amides is 1. The minimum Gasteiger partial charge on any atom is -0.283 e. The highest BCUT2D eigenvalue weighted by atomic mass is 35.5. The molecule has 0 N–H and O–H groups in total. The Kier molecular flexibility index (Phi) is 5.89. The number of benzene rings is 3. The summed E-state index contributed by atoms with van der Waals surface area (Å²) < 4.78 is 0.921. The fourth-order valence-electron chi connectivity index (χ4n) is 3.48. The van der Waals surface area contributed by atoms with E-state index in [1.54, 1.807) is 4.90 Å². The molecular formula is C25H23ClN2OS. The number of halogens is 1. The average molecular weight is 435 g/mol. The summed E-state index contributed by atoms with van der Waals surface area (Å²) in [7, 11) is 0. The highest BCUT2D eigenvalue weighted by Gasteiger charge is 2.22. The van der Waals surface area contributed by atoms with Crippen molar-refractivity contribution in [3.8, 4) is 0 Å². The first-order chi connectivity index (χ1) is 14.4. The van der Waals surface area contributed by atoms with Crippen LogP contribution in [0.15, 0.2) is 60.7 Å². The molecule has 5 heteroatoms. The third-order valence-corrected chi connectivity index (χ3v) is 6.79. The molecule has 0 aliphatic carbocycles. The summed E-state index contributed by atoms with van der Waals surface area (Å²) >= 11 is 7.90. The zero-order valence-electron chi connectivity index (χ0n) is 17.3. The van der Waals surface area contributed by atoms with E-state index in [9.17, 15) is 4.79 Å². The molecule has 0 saturated carbocycles. The summed E-state index contributed by atoms with van der Waals surface area (Å²) in [6.45, 7) is 6.58. The number of hydrogen-bond acceptors (Lipinski definition) is 3. The predicted molar refractivity (Wildman–Crippen MR) is 127 cm³/mol. The number of hydrogen-bond donors (Lipinski definition) is 0. The molecule has 3 aromatic carbocycles. The van der Waals surface area contributed by atoms with Gasteiger partial charge < -0.3 is 0 Å². The van der Waals surface area contributed by atoms with Crippen molar-refractivity contribution in [3.63, 3.8) is 0 Å². The Hall–Kier alpha value is -2.69. The van der Waals surface area contributed by atoms with Crippen LogP contribution in [-0.2, 0) is 17.8 Å². The third kappa shape index (κ3) is 4.25. The first-order valence-electron chi connectivity index (χ1n) is 9.88. The number of carbonyl (C=O) groups is 1. The SMILES string of the molecule is Cc1ccc(C)c(CC(=O)N(Cc2ccccc2)c2nc3c(C)ccc(Cl)c3s2)c1. The molecule has 0 unspecified atom stereocenters. The molecule has 0 aliphatic rings. The Morgan fingerprint density at radius 1 is 1.00 bits per heavy atom. The molecule has 0 saturated heterocycles. The van der Waals surface area contributed by atoms with E-state index in [1.807, 2.05) is 63.2 Å². The number of carbonyl (C=O) groups excluding carboxylic acids is 1. The number of fused-ring (bicyclic) bond motifs is 1. The van der Waals surface area contributed by atoms with E-state index < -0.39 is 0 Å². The number of aryl methyl sites for hydroxylation is 3. The van der Waals surface area contributed by atoms with Crippen molar-refractivity contribution in [2.24, 2.45) is 0 Å². The minimum atomic E-state index is 0.0281. The van der Waals surface area contributed by atoms with Gasteiger partial charge in [-0.2, -0.15) is 0 Å². The fourth-order valence-corrected chi connectivity index (χ4v) is 4.82. The van der Waals surface area contributed by atoms with Crippen molar-refractivity contribution in [2.75, 3.05) is 4.90 Å². The van der Waals surface area contributed by atoms with E-state index in [-0.39, 0.29) is 5.91 Å². The second-order valence-electron chi connectivity index (χ2n) is 7.61. The highest BCUT2D eigenvalue weighted by molar-refractivity contribution is 7.23. The molecule has 0 bridgehead atoms. The Labute approximate surface area is 186 Å². The van der Waals surface area contributed by atoms with Crippen molar-refractivity contribution in [1.82, 2.24) is 4.98 Å². The number of nitrogens with zero attached hydrogens (tertiary/aromatic N) is 2. The zero-order chi connectivity index (χ0) is 21.3. The van der Waals surface area contributed by atoms with Crippen LogP contribution in [0.5, 0.6) is 0 Å². The number of thiazole rings is 1. The number of anilines is 1. The van der Waals surface area contributed by atoms with Crippen LogP contribution in [0.2, 0.25) is 5.02 Å². The first kappa shape index (κ1) is 20.6. The van der Waals surface area contributed by atoms with Crippen LogP contribution < -0.4 is 4.90 Å². The van der Waals surface area contributed by atoms with E-state index in [0.29, 0.717) is 23.1 Å². The van der Waals surface area contributed by atoms with E-state index in [4.69, 9.17) is 16.6 Å². The Balaban J connectivity index is 1.74. The second-order valence-corrected chi connectivity index (χ2v) is 9.00. The summed E-state index contributed by atoms with van der Waals surface area (Å²) in [5.74, 6) is 0.0281. The van der Waals surface area contributed by atoms with Gasteiger partial charge >= 0.3 is 0 Å². The highest BCUT2D eigenvalue weighted by Crippen LogP contribution is 2.36. The van der Waals surface area contributed by atoms with E-state index in [0.717, 1.165) is 38.0 Å². The van der Waals surface area contributed by atoms with Gasteiger partial charge in [0.1, 0.15) is 0 Å². The number of aromatic nitrogens is 1. The average Bonchev–Trinajstić information content (AvgIpc) is 3.19. The van der Waals surface area contributed by atoms with Gasteiger partial charge in [0.25, 0.3) is 0 Å². The van der Waals surface area contributed by atoms with Crippen LogP contribution in [0.3, 0.4) is 0 Å². The lowest BCUT2D eigenvalue weighted by Gasteiger charge is -2.21. The summed E-state index contributed by atoms with van der Waals surface area (Å²) in [4.78, 5) is 20.1. The molecule has 0 radical (unpaired) electrons. The van der Waals surface area contributed by atoms with Gasteiger partial charge in [0, 0.05) is 0 Å². The molecule has 0 aliphatic heterocycles. The topological polar surface area (TPSA) is 33.2 Å². The molecule has 30 heavy (non-hydrogen) atoms. The van der Waals surface area contributed by atoms with Crippen molar-refractivity contribution >= 4 is 44.2 Å². The number of rotatable bonds is 5. The maximum Gasteiger partial charge on any atom is 0.233 e. The first-order valence-corrected chi connectivity index (χ1v) is 11.1. The lowest BCUT2D eigenvalue weighted by molar-refractivity contribution is -0.118. The van der Waals surface area contributed by atoms with Crippen molar-refractivity contribution in [3.05, 3.63) is 93.5 Å². The van der Waals surface area contributed by atoms with Crippen LogP contribution in [0.1, 0.15) is 27.8 Å². The Morgan fingerprint density at radius 2 is 1.73 bits per heavy atom. The normalized spacial score (nSPS) is 11.1. The molecule has 1 heterocycles. The fraction of sp³-hybridized carbons (Fsp3) is 0.200. The van der Waals surface area contributed by atoms with Crippen molar-refractivity contribution in [2.45, 2.75) is 33.7 Å². The van der Waals surface area contributed by atoms with E-state index in [1.165, 1.54) is 11.3 Å². The van der Waals surface area contributed by atoms with Gasteiger partial charge in [0.05, 0.1) is 28.2 Å². The van der Waals surface area contributed by atoms with Gasteiger partial charge in [-0.25, -0.2) is 4.98 Å². The van der Waals surface area contributed by atoms with Gasteiger partial charge in [-0.05, 0) is 49.1 Å². The molecule has 1 aromatic heterocycles. The molecular weight excluding hydrogens is 412 g/mol. The van der Waals surface area contributed by atoms with Gasteiger partial charge in [0.15, 0.2) is 5.13 Å². The molecule has 0 atom stereocenters. The minimum absolute atomic E-state index is 0.0281. The van der Waals surface area contributed by atoms with Gasteiger partial charge in [0.2, 0.25) is 5.91 Å². The maximum atomic E-state index is 13.5. The monoisotopic (exact) mass is 434 g/mol. The lowest BCUT2D eigenvalue weighted by atomic mass is 10.0. The van der Waals surface area contributed by atoms with Crippen LogP contribution in [0.4, 0.5) is 5.13 Å². The van der Waals surface area contributed by atoms with Gasteiger partial charge in [-0.1, -0.05) is 83.1 Å². The van der Waals surface area contributed by atoms with Gasteiger partial charge in [-0.3, -0.25) is 9.69 Å². The maximum absolute atomic E-state index is 13.5. The quantitative estimate of drug-likeness (QED) is 0.352. The molecule has 152 valence electrons. The summed E-state index contributed by atoms with van der Waals surface area (Å²) in [6.07, 6.45) is 0.336. The van der Waals surface area contributed by atoms with Crippen LogP contribution >= 0.6 is 22.9 Å². The second kappa shape index (κ2) is 8.58. The Morgan fingerprint density at radius 3 is 2.47 bits per heavy atom. The largest absolute Gasteiger partial charge is 0.283 e. The molecule has 4 aromatic rings. The molecule has 0 spiro atoms. The standard InChI is InChI=1S/C25H23ClN2OS/c1-16-9-10-17(2)20(13-16)14-22(29)28(15-19-7-5-4-6-8-19)25-27-23-18(3)11-12-21(26)24(23)30-25/h4-13H,14-15H2,1-3H3. The zero-order valence-corrected chi connectivity index (χ0v) is 18.8. The lowest BCUT2D eigenvalue weighted by Crippen LogP contribution is -2.32. The van der Waals surface area contributed by atoms with E-state index in [2.05, 4.69) is 18.2 Å². The molecule has 3 nitrogen and oxygen atoms in total. The molecule has 4 rings (SSSR count). The molecule has 0 fully saturated rings. The van der Waals surface area contributed by atoms with E-state index >= 15 is 0 Å². The third-order valence-electron chi connectivity index (χ3n) is 5.25. The van der Waals surface area contributed by atoms with Crippen LogP contribution in [-0.4, -0.2) is 10.9 Å². The van der Waals surface area contributed by atoms with Crippen molar-refractivity contribution < 1.29 is 4.79 Å². The summed E-state index contributed by atoms with van der Waals surface area (Å²) in [5.41, 5.74) is 6.30. The van der Waals surface area contributed by atoms with Gasteiger partial charge in [-0.15, -0.1) is 0 Å². The summed E-state index contributed by atoms with van der Waals surface area (Å²) in [6, 6.07) is 20.1. The predicted octanol–water partition coefficient (Wildman–Crippen LogP) is 6.65.